The summed E-state index contributed by atoms with van der Waals surface area (Å²) in [7, 11) is 0. The Morgan fingerprint density at radius 3 is 2.57 bits per heavy atom. The molecule has 10 heteroatoms. The van der Waals surface area contributed by atoms with E-state index in [9.17, 15) is 24.8 Å². The minimum Gasteiger partial charge on any atom is -0.506 e. The predicted octanol–water partition coefficient (Wildman–Crippen LogP) is 2.14. The third-order valence-corrected chi connectivity index (χ3v) is 4.20. The van der Waals surface area contributed by atoms with E-state index < -0.39 is 16.0 Å². The van der Waals surface area contributed by atoms with Gasteiger partial charge in [0.15, 0.2) is 0 Å². The second kappa shape index (κ2) is 6.48. The first kappa shape index (κ1) is 19.1. The lowest BCUT2D eigenvalue weighted by molar-refractivity contribution is -0.384. The zero-order valence-corrected chi connectivity index (χ0v) is 15.5. The Balaban J connectivity index is 2.46. The maximum Gasteiger partial charge on any atom is 0.316 e. The third-order valence-electron chi connectivity index (χ3n) is 4.20. The Bertz CT molecular complexity index is 1230. The Hall–Kier alpha value is -3.69. The van der Waals surface area contributed by atoms with E-state index in [-0.39, 0.29) is 40.3 Å². The average molecular weight is 385 g/mol. The van der Waals surface area contributed by atoms with Gasteiger partial charge < -0.3 is 24.6 Å². The number of nitrogens with one attached hydrogen (secondary N) is 2. The number of aromatic amines is 1. The molecule has 3 aromatic rings. The summed E-state index contributed by atoms with van der Waals surface area (Å²) >= 11 is 0. The Kier molecular flexibility index (Phi) is 4.42. The van der Waals surface area contributed by atoms with Gasteiger partial charge in [0.2, 0.25) is 0 Å². The molecular weight excluding hydrogens is 366 g/mol. The predicted molar refractivity (Wildman–Crippen MR) is 104 cm³/mol. The molecule has 0 amide bonds. The lowest BCUT2D eigenvalue weighted by atomic mass is 9.96. The molecule has 0 saturated heterocycles. The molecule has 2 aromatic heterocycles. The first-order valence-corrected chi connectivity index (χ1v) is 8.40. The van der Waals surface area contributed by atoms with Crippen molar-refractivity contribution in [2.45, 2.75) is 27.3 Å². The second-order valence-corrected chi connectivity index (χ2v) is 7.62. The van der Waals surface area contributed by atoms with E-state index in [0.29, 0.717) is 5.52 Å². The number of aromatic nitrogens is 3. The van der Waals surface area contributed by atoms with Crippen LogP contribution in [0, 0.1) is 20.9 Å². The molecule has 1 aromatic carbocycles. The van der Waals surface area contributed by atoms with Gasteiger partial charge in [-0.1, -0.05) is 20.8 Å². The number of fused-ring (bicyclic) bond motifs is 1. The van der Waals surface area contributed by atoms with Crippen LogP contribution >= 0.6 is 0 Å². The zero-order valence-electron chi connectivity index (χ0n) is 15.5. The molecule has 3 N–H and O–H groups in total. The van der Waals surface area contributed by atoms with E-state index in [1.807, 2.05) is 20.8 Å². The minimum atomic E-state index is -0.863. The fraction of sp³-hybridized carbons (Fsp3) is 0.278. The minimum absolute atomic E-state index is 0.0524. The number of nitrogens with zero attached hydrogens (tertiary/aromatic N) is 3. The van der Waals surface area contributed by atoms with Crippen LogP contribution in [0.5, 0.6) is 5.75 Å². The number of H-pyrrole nitrogens is 1. The highest BCUT2D eigenvalue weighted by Gasteiger charge is 2.23. The van der Waals surface area contributed by atoms with Crippen molar-refractivity contribution in [2.24, 2.45) is 5.41 Å². The summed E-state index contributed by atoms with van der Waals surface area (Å²) in [6.07, 6.45) is 2.26. The van der Waals surface area contributed by atoms with E-state index in [1.165, 1.54) is 33.5 Å². The van der Waals surface area contributed by atoms with Crippen molar-refractivity contribution >= 4 is 22.9 Å². The maximum atomic E-state index is 12.5. The monoisotopic (exact) mass is 385 g/mol. The van der Waals surface area contributed by atoms with Crippen LogP contribution in [0.3, 0.4) is 0 Å². The van der Waals surface area contributed by atoms with Crippen molar-refractivity contribution in [3.63, 3.8) is 0 Å². The van der Waals surface area contributed by atoms with E-state index >= 15 is 0 Å². The molecule has 0 aliphatic heterocycles. The van der Waals surface area contributed by atoms with E-state index in [0.717, 1.165) is 6.21 Å². The summed E-state index contributed by atoms with van der Waals surface area (Å²) in [6, 6.07) is 3.89. The van der Waals surface area contributed by atoms with Gasteiger partial charge in [0, 0.05) is 25.0 Å². The van der Waals surface area contributed by atoms with E-state index in [4.69, 9.17) is 5.41 Å². The normalized spacial score (nSPS) is 11.7. The molecule has 0 bridgehead atoms. The molecule has 28 heavy (non-hydrogen) atoms. The lowest BCUT2D eigenvalue weighted by Gasteiger charge is -2.21. The quantitative estimate of drug-likeness (QED) is 0.272. The van der Waals surface area contributed by atoms with Crippen LogP contribution in [0.25, 0.3) is 16.7 Å². The summed E-state index contributed by atoms with van der Waals surface area (Å²) < 4.78 is 2.58. The fourth-order valence-electron chi connectivity index (χ4n) is 3.06. The van der Waals surface area contributed by atoms with Crippen LogP contribution in [0.15, 0.2) is 34.0 Å². The van der Waals surface area contributed by atoms with Crippen molar-refractivity contribution in [1.82, 2.24) is 14.1 Å². The van der Waals surface area contributed by atoms with Crippen molar-refractivity contribution in [2.75, 3.05) is 0 Å². The number of aromatic hydroxyl groups is 1. The summed E-state index contributed by atoms with van der Waals surface area (Å²) in [4.78, 5) is 37.9. The van der Waals surface area contributed by atoms with Gasteiger partial charge in [0.25, 0.3) is 5.69 Å². The molecule has 0 aliphatic carbocycles. The van der Waals surface area contributed by atoms with E-state index in [1.54, 1.807) is 0 Å². The topological polar surface area (TPSA) is 147 Å². The van der Waals surface area contributed by atoms with Crippen LogP contribution in [-0.4, -0.2) is 30.4 Å². The number of nitro groups is 1. The Morgan fingerprint density at radius 1 is 1.32 bits per heavy atom. The van der Waals surface area contributed by atoms with Gasteiger partial charge in [-0.2, -0.15) is 0 Å². The lowest BCUT2D eigenvalue weighted by Crippen LogP contribution is -2.38. The van der Waals surface area contributed by atoms with Gasteiger partial charge in [0.1, 0.15) is 17.1 Å². The molecule has 0 spiro atoms. The Labute approximate surface area is 158 Å². The maximum absolute atomic E-state index is 12.5. The molecule has 0 atom stereocenters. The highest BCUT2D eigenvalue weighted by Crippen LogP contribution is 2.31. The van der Waals surface area contributed by atoms with Crippen molar-refractivity contribution in [1.29, 1.82) is 5.41 Å². The van der Waals surface area contributed by atoms with Gasteiger partial charge in [-0.3, -0.25) is 19.7 Å². The molecule has 2 heterocycles. The molecule has 146 valence electrons. The van der Waals surface area contributed by atoms with Crippen molar-refractivity contribution in [3.8, 4) is 11.4 Å². The van der Waals surface area contributed by atoms with Gasteiger partial charge in [-0.15, -0.1) is 0 Å². The van der Waals surface area contributed by atoms with Crippen LogP contribution < -0.4 is 11.1 Å². The highest BCUT2D eigenvalue weighted by molar-refractivity contribution is 5.85. The largest absolute Gasteiger partial charge is 0.506 e. The molecule has 0 radical (unpaired) electrons. The number of hydrogen-bond acceptors (Lipinski definition) is 6. The molecule has 3 rings (SSSR count). The van der Waals surface area contributed by atoms with Crippen molar-refractivity contribution < 1.29 is 10.0 Å². The molecular formula is C18H19N5O5. The zero-order chi connectivity index (χ0) is 20.8. The summed E-state index contributed by atoms with van der Waals surface area (Å²) in [5.41, 5.74) is -1.73. The first-order chi connectivity index (χ1) is 13.0. The number of rotatable bonds is 4. The van der Waals surface area contributed by atoms with Gasteiger partial charge in [-0.05, 0) is 17.5 Å². The Morgan fingerprint density at radius 2 is 2.00 bits per heavy atom. The highest BCUT2D eigenvalue weighted by atomic mass is 16.6. The summed E-state index contributed by atoms with van der Waals surface area (Å²) in [6.45, 7) is 5.92. The molecule has 0 fully saturated rings. The molecule has 10 nitrogen and oxygen atoms in total. The van der Waals surface area contributed by atoms with Crippen LogP contribution in [-0.2, 0) is 6.54 Å². The summed E-state index contributed by atoms with van der Waals surface area (Å²) in [5, 5.41) is 29.0. The standard InChI is InChI=1S/C18H19N5O5/c1-18(2,3)9-22-11-7-12(21-5-4-15(24)14(21)8-19)13(23(27)28)6-10(11)20-16(25)17(22)26/h4-8,19,24H,9H2,1-3H3,(H,20,25). The van der Waals surface area contributed by atoms with Crippen LogP contribution in [0.1, 0.15) is 26.5 Å². The SMILES string of the molecule is CC(C)(C)Cn1c(=O)c(=O)[nH]c2cc([N+](=O)[O-])c(-n3ccc(O)c3C=N)cc21. The molecule has 0 saturated carbocycles. The second-order valence-electron chi connectivity index (χ2n) is 7.62. The number of hydrogen-bond donors (Lipinski definition) is 3. The van der Waals surface area contributed by atoms with Crippen LogP contribution in [0.4, 0.5) is 5.69 Å². The molecule has 0 unspecified atom stereocenters. The fourth-order valence-corrected chi connectivity index (χ4v) is 3.06. The van der Waals surface area contributed by atoms with Crippen molar-refractivity contribution in [3.05, 3.63) is 60.9 Å². The molecule has 0 aliphatic rings. The third kappa shape index (κ3) is 3.20. The van der Waals surface area contributed by atoms with Gasteiger partial charge in [0.05, 0.1) is 16.0 Å². The van der Waals surface area contributed by atoms with E-state index in [2.05, 4.69) is 4.98 Å². The smallest absolute Gasteiger partial charge is 0.316 e. The number of nitro benzene ring substituents is 1. The number of benzene rings is 1. The van der Waals surface area contributed by atoms with Gasteiger partial charge >= 0.3 is 11.1 Å². The van der Waals surface area contributed by atoms with Crippen LogP contribution in [0.2, 0.25) is 0 Å². The first-order valence-electron chi connectivity index (χ1n) is 8.40. The van der Waals surface area contributed by atoms with Gasteiger partial charge in [-0.25, -0.2) is 0 Å². The average Bonchev–Trinajstić information content (AvgIpc) is 2.97. The summed E-state index contributed by atoms with van der Waals surface area (Å²) in [5.74, 6) is -0.210.